The van der Waals surface area contributed by atoms with E-state index in [2.05, 4.69) is 20.6 Å². The SMILES string of the molecule is O=C(CSC1=Nc2ccccc2C2=N[C@H](CC(=O)NCc3ccco3)C(=O)N12)NC[C@@H]1CCCO1. The Labute approximate surface area is 206 Å². The largest absolute Gasteiger partial charge is 0.467 e. The first-order chi connectivity index (χ1) is 17.1. The van der Waals surface area contributed by atoms with Crippen molar-refractivity contribution >= 4 is 46.2 Å². The molecule has 2 N–H and O–H groups in total. The van der Waals surface area contributed by atoms with E-state index >= 15 is 0 Å². The number of fused-ring (bicyclic) bond motifs is 3. The molecule has 0 aliphatic carbocycles. The normalized spacial score (nSPS) is 20.7. The van der Waals surface area contributed by atoms with Crippen molar-refractivity contribution in [2.24, 2.45) is 9.98 Å². The number of nitrogens with one attached hydrogen (secondary N) is 2. The molecule has 11 heteroatoms. The van der Waals surface area contributed by atoms with Crippen LogP contribution in [0.1, 0.15) is 30.6 Å². The van der Waals surface area contributed by atoms with Gasteiger partial charge in [-0.15, -0.1) is 0 Å². The lowest BCUT2D eigenvalue weighted by Crippen LogP contribution is -2.42. The first-order valence-corrected chi connectivity index (χ1v) is 12.5. The van der Waals surface area contributed by atoms with Gasteiger partial charge in [-0.1, -0.05) is 23.9 Å². The maximum atomic E-state index is 13.3. The molecule has 0 bridgehead atoms. The van der Waals surface area contributed by atoms with E-state index in [1.807, 2.05) is 24.3 Å². The minimum atomic E-state index is -0.869. The number of carbonyl (C=O) groups excluding carboxylic acids is 3. The van der Waals surface area contributed by atoms with Crippen LogP contribution >= 0.6 is 11.8 Å². The first kappa shape index (κ1) is 23.3. The third-order valence-electron chi connectivity index (χ3n) is 5.85. The lowest BCUT2D eigenvalue weighted by molar-refractivity contribution is -0.128. The van der Waals surface area contributed by atoms with Gasteiger partial charge in [-0.3, -0.25) is 19.4 Å². The van der Waals surface area contributed by atoms with Crippen LogP contribution in [-0.4, -0.2) is 64.7 Å². The van der Waals surface area contributed by atoms with Crippen molar-refractivity contribution in [3.05, 3.63) is 54.0 Å². The van der Waals surface area contributed by atoms with Gasteiger partial charge < -0.3 is 19.8 Å². The molecule has 182 valence electrons. The summed E-state index contributed by atoms with van der Waals surface area (Å²) in [4.78, 5) is 48.8. The topological polar surface area (TPSA) is 126 Å². The Morgan fingerprint density at radius 1 is 1.14 bits per heavy atom. The highest BCUT2D eigenvalue weighted by Crippen LogP contribution is 2.34. The molecule has 1 aromatic heterocycles. The number of rotatable bonds is 8. The molecule has 3 amide bonds. The maximum Gasteiger partial charge on any atom is 0.259 e. The fraction of sp³-hybridized carbons (Fsp3) is 0.375. The van der Waals surface area contributed by atoms with Crippen LogP contribution in [0.2, 0.25) is 0 Å². The van der Waals surface area contributed by atoms with E-state index in [4.69, 9.17) is 9.15 Å². The van der Waals surface area contributed by atoms with Crippen molar-refractivity contribution in [2.75, 3.05) is 18.9 Å². The van der Waals surface area contributed by atoms with Crippen LogP contribution < -0.4 is 10.6 Å². The van der Waals surface area contributed by atoms with Crippen LogP contribution in [0.5, 0.6) is 0 Å². The zero-order chi connectivity index (χ0) is 24.2. The van der Waals surface area contributed by atoms with Gasteiger partial charge in [0.25, 0.3) is 5.91 Å². The molecule has 0 radical (unpaired) electrons. The molecule has 0 unspecified atom stereocenters. The van der Waals surface area contributed by atoms with Gasteiger partial charge in [0.15, 0.2) is 5.17 Å². The van der Waals surface area contributed by atoms with Crippen molar-refractivity contribution in [1.82, 2.24) is 15.5 Å². The van der Waals surface area contributed by atoms with Gasteiger partial charge in [0, 0.05) is 18.7 Å². The van der Waals surface area contributed by atoms with Gasteiger partial charge in [0.05, 0.1) is 36.8 Å². The number of hydrogen-bond acceptors (Lipinski definition) is 8. The summed E-state index contributed by atoms with van der Waals surface area (Å²) in [5.74, 6) is 0.361. The Morgan fingerprint density at radius 2 is 2.03 bits per heavy atom. The van der Waals surface area contributed by atoms with Gasteiger partial charge >= 0.3 is 0 Å². The number of amidine groups is 2. The molecular weight excluding hydrogens is 470 g/mol. The molecular formula is C24H25N5O5S. The zero-order valence-electron chi connectivity index (χ0n) is 18.9. The van der Waals surface area contributed by atoms with E-state index in [0.29, 0.717) is 34.6 Å². The standard InChI is InChI=1S/C24H25N5O5S/c30-20(25-12-15-5-3-9-33-15)11-19-23(32)29-22(27-19)17-7-1-2-8-18(17)28-24(29)35-14-21(31)26-13-16-6-4-10-34-16/h1-3,5,7-9,16,19H,4,6,10-14H2,(H,25,30)(H,26,31)/t16-,19+/m0/s1. The summed E-state index contributed by atoms with van der Waals surface area (Å²) in [6.07, 6.45) is 3.44. The molecule has 1 aromatic carbocycles. The summed E-state index contributed by atoms with van der Waals surface area (Å²) >= 11 is 1.17. The predicted octanol–water partition coefficient (Wildman–Crippen LogP) is 1.97. The third kappa shape index (κ3) is 5.30. The van der Waals surface area contributed by atoms with Crippen LogP contribution in [0.25, 0.3) is 0 Å². The molecule has 35 heavy (non-hydrogen) atoms. The molecule has 3 aliphatic heterocycles. The number of nitrogens with zero attached hydrogens (tertiary/aromatic N) is 3. The van der Waals surface area contributed by atoms with Crippen molar-refractivity contribution in [3.8, 4) is 0 Å². The number of aliphatic imine (C=N–C) groups is 2. The smallest absolute Gasteiger partial charge is 0.259 e. The Bertz CT molecular complexity index is 1170. The van der Waals surface area contributed by atoms with Crippen LogP contribution in [-0.2, 0) is 25.7 Å². The summed E-state index contributed by atoms with van der Waals surface area (Å²) in [6, 6.07) is 10.0. The lowest BCUT2D eigenvalue weighted by Gasteiger charge is -2.25. The van der Waals surface area contributed by atoms with Crippen molar-refractivity contribution in [1.29, 1.82) is 0 Å². The number of benzene rings is 1. The monoisotopic (exact) mass is 495 g/mol. The Balaban J connectivity index is 1.25. The third-order valence-corrected chi connectivity index (χ3v) is 6.79. The van der Waals surface area contributed by atoms with E-state index in [-0.39, 0.29) is 42.5 Å². The summed E-state index contributed by atoms with van der Waals surface area (Å²) in [6.45, 7) is 1.44. The molecule has 1 fully saturated rings. The molecule has 5 rings (SSSR count). The highest BCUT2D eigenvalue weighted by molar-refractivity contribution is 8.14. The second-order valence-corrected chi connectivity index (χ2v) is 9.28. The van der Waals surface area contributed by atoms with E-state index < -0.39 is 6.04 Å². The first-order valence-electron chi connectivity index (χ1n) is 11.5. The van der Waals surface area contributed by atoms with Gasteiger partial charge in [-0.2, -0.15) is 0 Å². The maximum absolute atomic E-state index is 13.3. The summed E-state index contributed by atoms with van der Waals surface area (Å²) < 4.78 is 10.8. The fourth-order valence-corrected chi connectivity index (χ4v) is 4.92. The second kappa shape index (κ2) is 10.4. The van der Waals surface area contributed by atoms with Crippen molar-refractivity contribution in [3.63, 3.8) is 0 Å². The highest BCUT2D eigenvalue weighted by atomic mass is 32.2. The summed E-state index contributed by atoms with van der Waals surface area (Å²) in [5, 5.41) is 6.00. The van der Waals surface area contributed by atoms with E-state index in [1.165, 1.54) is 22.9 Å². The average molecular weight is 496 g/mol. The molecule has 0 spiro atoms. The van der Waals surface area contributed by atoms with Gasteiger partial charge in [-0.05, 0) is 37.1 Å². The lowest BCUT2D eigenvalue weighted by atomic mass is 10.1. The van der Waals surface area contributed by atoms with Crippen molar-refractivity contribution in [2.45, 2.75) is 38.0 Å². The zero-order valence-corrected chi connectivity index (χ0v) is 19.8. The quantitative estimate of drug-likeness (QED) is 0.577. The van der Waals surface area contributed by atoms with Gasteiger partial charge in [0.2, 0.25) is 11.8 Å². The number of para-hydroxylation sites is 1. The number of thioether (sulfide) groups is 1. The molecule has 1 saturated heterocycles. The average Bonchev–Trinajstić information content (AvgIpc) is 3.63. The molecule has 2 atom stereocenters. The number of furan rings is 1. The van der Waals surface area contributed by atoms with Crippen LogP contribution in [0.4, 0.5) is 5.69 Å². The predicted molar refractivity (Wildman–Crippen MR) is 130 cm³/mol. The van der Waals surface area contributed by atoms with Gasteiger partial charge in [0.1, 0.15) is 17.6 Å². The number of ether oxygens (including phenoxy) is 1. The highest BCUT2D eigenvalue weighted by Gasteiger charge is 2.42. The summed E-state index contributed by atoms with van der Waals surface area (Å²) in [5.41, 5.74) is 1.38. The minimum absolute atomic E-state index is 0.0569. The van der Waals surface area contributed by atoms with Crippen LogP contribution in [0, 0.1) is 0 Å². The summed E-state index contributed by atoms with van der Waals surface area (Å²) in [7, 11) is 0. The van der Waals surface area contributed by atoms with E-state index in [0.717, 1.165) is 19.4 Å². The van der Waals surface area contributed by atoms with Crippen molar-refractivity contribution < 1.29 is 23.5 Å². The van der Waals surface area contributed by atoms with Crippen LogP contribution in [0.15, 0.2) is 57.1 Å². The Hall–Kier alpha value is -3.44. The molecule has 10 nitrogen and oxygen atoms in total. The Morgan fingerprint density at radius 3 is 2.83 bits per heavy atom. The molecule has 3 aliphatic rings. The van der Waals surface area contributed by atoms with E-state index in [9.17, 15) is 14.4 Å². The molecule has 2 aromatic rings. The van der Waals surface area contributed by atoms with Crippen LogP contribution in [0.3, 0.4) is 0 Å². The minimum Gasteiger partial charge on any atom is -0.467 e. The second-order valence-electron chi connectivity index (χ2n) is 8.34. The van der Waals surface area contributed by atoms with E-state index in [1.54, 1.807) is 12.1 Å². The Kier molecular flexibility index (Phi) is 6.96. The molecule has 0 saturated carbocycles. The molecule has 4 heterocycles. The fourth-order valence-electron chi connectivity index (χ4n) is 4.09. The number of hydrogen-bond donors (Lipinski definition) is 2. The number of carbonyl (C=O) groups is 3. The number of amides is 3. The van der Waals surface area contributed by atoms with Gasteiger partial charge in [-0.25, -0.2) is 9.89 Å².